The largest absolute Gasteiger partial charge is 0.416 e. The molecule has 0 spiro atoms. The summed E-state index contributed by atoms with van der Waals surface area (Å²) in [6.45, 7) is 3.59. The van der Waals surface area contributed by atoms with Crippen molar-refractivity contribution < 1.29 is 18.0 Å². The molecule has 1 aromatic heterocycles. The Morgan fingerprint density at radius 2 is 1.88 bits per heavy atom. The summed E-state index contributed by atoms with van der Waals surface area (Å²) in [6.07, 6.45) is -4.31. The number of benzene rings is 1. The standard InChI is InChI=1S/C17H20F3N3O/c1-11-14(12(2)23(4)21-11)9-16(24)22(3)10-13-7-5-6-8-15(13)17(18,19)20/h5-8H,9-10H2,1-4H3. The van der Waals surface area contributed by atoms with Crippen molar-refractivity contribution in [3.05, 3.63) is 52.3 Å². The minimum Gasteiger partial charge on any atom is -0.341 e. The van der Waals surface area contributed by atoms with Gasteiger partial charge in [0, 0.05) is 31.9 Å². The SMILES string of the molecule is Cc1nn(C)c(C)c1CC(=O)N(C)Cc1ccccc1C(F)(F)F. The molecule has 4 nitrogen and oxygen atoms in total. The smallest absolute Gasteiger partial charge is 0.341 e. The average molecular weight is 339 g/mol. The topological polar surface area (TPSA) is 38.1 Å². The van der Waals surface area contributed by atoms with Gasteiger partial charge in [-0.2, -0.15) is 18.3 Å². The van der Waals surface area contributed by atoms with Crippen LogP contribution in [0, 0.1) is 13.8 Å². The highest BCUT2D eigenvalue weighted by atomic mass is 19.4. The van der Waals surface area contributed by atoms with Crippen LogP contribution in [0.3, 0.4) is 0 Å². The Morgan fingerprint density at radius 1 is 1.25 bits per heavy atom. The Hall–Kier alpha value is -2.31. The maximum absolute atomic E-state index is 13.0. The van der Waals surface area contributed by atoms with Crippen molar-refractivity contribution in [1.29, 1.82) is 0 Å². The summed E-state index contributed by atoms with van der Waals surface area (Å²) < 4.78 is 40.8. The molecule has 7 heteroatoms. The van der Waals surface area contributed by atoms with Crippen molar-refractivity contribution in [2.75, 3.05) is 7.05 Å². The summed E-state index contributed by atoms with van der Waals surface area (Å²) >= 11 is 0. The van der Waals surface area contributed by atoms with Crippen molar-refractivity contribution in [2.45, 2.75) is 33.0 Å². The predicted octanol–water partition coefficient (Wildman–Crippen LogP) is 3.26. The fraction of sp³-hybridized carbons (Fsp3) is 0.412. The van der Waals surface area contributed by atoms with Gasteiger partial charge in [0.05, 0.1) is 17.7 Å². The van der Waals surface area contributed by atoms with Gasteiger partial charge in [-0.15, -0.1) is 0 Å². The minimum atomic E-state index is -4.43. The van der Waals surface area contributed by atoms with Gasteiger partial charge in [-0.1, -0.05) is 18.2 Å². The van der Waals surface area contributed by atoms with Gasteiger partial charge in [0.15, 0.2) is 0 Å². The summed E-state index contributed by atoms with van der Waals surface area (Å²) in [6, 6.07) is 5.31. The second-order valence-electron chi connectivity index (χ2n) is 5.85. The molecule has 2 rings (SSSR count). The number of carbonyl (C=O) groups is 1. The van der Waals surface area contributed by atoms with E-state index in [0.717, 1.165) is 23.0 Å². The van der Waals surface area contributed by atoms with Crippen LogP contribution in [-0.4, -0.2) is 27.6 Å². The Morgan fingerprint density at radius 3 is 2.42 bits per heavy atom. The van der Waals surface area contributed by atoms with Crippen LogP contribution in [0.1, 0.15) is 28.1 Å². The zero-order chi connectivity index (χ0) is 18.1. The zero-order valence-electron chi connectivity index (χ0n) is 14.1. The van der Waals surface area contributed by atoms with E-state index in [4.69, 9.17) is 0 Å². The van der Waals surface area contributed by atoms with Crippen molar-refractivity contribution in [3.63, 3.8) is 0 Å². The zero-order valence-corrected chi connectivity index (χ0v) is 14.1. The van der Waals surface area contributed by atoms with E-state index >= 15 is 0 Å². The Balaban J connectivity index is 2.16. The Kier molecular flexibility index (Phi) is 5.01. The van der Waals surface area contributed by atoms with Crippen molar-refractivity contribution >= 4 is 5.91 Å². The highest BCUT2D eigenvalue weighted by Gasteiger charge is 2.33. The fourth-order valence-corrected chi connectivity index (χ4v) is 2.64. The quantitative estimate of drug-likeness (QED) is 0.858. The van der Waals surface area contributed by atoms with Gasteiger partial charge < -0.3 is 4.90 Å². The third-order valence-corrected chi connectivity index (χ3v) is 4.14. The van der Waals surface area contributed by atoms with Crippen molar-refractivity contribution in [3.8, 4) is 0 Å². The monoisotopic (exact) mass is 339 g/mol. The molecule has 24 heavy (non-hydrogen) atoms. The molecule has 0 N–H and O–H groups in total. The first-order valence-corrected chi connectivity index (χ1v) is 7.49. The number of halogens is 3. The summed E-state index contributed by atoms with van der Waals surface area (Å²) in [5.41, 5.74) is 1.83. The van der Waals surface area contributed by atoms with Crippen LogP contribution in [-0.2, 0) is 31.0 Å². The van der Waals surface area contributed by atoms with Crippen LogP contribution >= 0.6 is 0 Å². The van der Waals surface area contributed by atoms with Gasteiger partial charge in [0.25, 0.3) is 0 Å². The maximum Gasteiger partial charge on any atom is 0.416 e. The van der Waals surface area contributed by atoms with Crippen LogP contribution in [0.2, 0.25) is 0 Å². The summed E-state index contributed by atoms with van der Waals surface area (Å²) in [4.78, 5) is 13.7. The van der Waals surface area contributed by atoms with Gasteiger partial charge >= 0.3 is 6.18 Å². The predicted molar refractivity (Wildman–Crippen MR) is 84.3 cm³/mol. The summed E-state index contributed by atoms with van der Waals surface area (Å²) in [5.74, 6) is -0.244. The van der Waals surface area contributed by atoms with Gasteiger partial charge in [0.1, 0.15) is 0 Å². The maximum atomic E-state index is 13.0. The normalized spacial score (nSPS) is 11.6. The highest BCUT2D eigenvalue weighted by Crippen LogP contribution is 2.32. The summed E-state index contributed by atoms with van der Waals surface area (Å²) in [7, 11) is 3.30. The number of carbonyl (C=O) groups excluding carboxylic acids is 1. The molecule has 130 valence electrons. The van der Waals surface area contributed by atoms with E-state index in [1.165, 1.54) is 30.1 Å². The average Bonchev–Trinajstić information content (AvgIpc) is 2.73. The van der Waals surface area contributed by atoms with Crippen LogP contribution in [0.4, 0.5) is 13.2 Å². The second kappa shape index (κ2) is 6.67. The minimum absolute atomic E-state index is 0.0838. The number of alkyl halides is 3. The van der Waals surface area contributed by atoms with E-state index in [1.807, 2.05) is 13.8 Å². The van der Waals surface area contributed by atoms with Crippen molar-refractivity contribution in [1.82, 2.24) is 14.7 Å². The molecule has 1 aromatic carbocycles. The highest BCUT2D eigenvalue weighted by molar-refractivity contribution is 5.79. The first-order chi connectivity index (χ1) is 11.1. The van der Waals surface area contributed by atoms with Crippen LogP contribution in [0.25, 0.3) is 0 Å². The lowest BCUT2D eigenvalue weighted by atomic mass is 10.1. The van der Waals surface area contributed by atoms with Gasteiger partial charge in [-0.05, 0) is 25.5 Å². The third-order valence-electron chi connectivity index (χ3n) is 4.14. The number of amides is 1. The molecular formula is C17H20F3N3O. The van der Waals surface area contributed by atoms with Crippen LogP contribution in [0.15, 0.2) is 24.3 Å². The summed E-state index contributed by atoms with van der Waals surface area (Å²) in [5, 5.41) is 4.25. The molecule has 1 amide bonds. The lowest BCUT2D eigenvalue weighted by Gasteiger charge is -2.20. The second-order valence-corrected chi connectivity index (χ2v) is 5.85. The molecule has 0 bridgehead atoms. The molecule has 0 atom stereocenters. The van der Waals surface area contributed by atoms with Gasteiger partial charge in [-0.25, -0.2) is 0 Å². The molecule has 0 aliphatic heterocycles. The molecule has 2 aromatic rings. The Labute approximate surface area is 138 Å². The molecule has 0 unspecified atom stereocenters. The fourth-order valence-electron chi connectivity index (χ4n) is 2.64. The number of aryl methyl sites for hydroxylation is 2. The Bertz CT molecular complexity index is 750. The first-order valence-electron chi connectivity index (χ1n) is 7.49. The van der Waals surface area contributed by atoms with Crippen LogP contribution in [0.5, 0.6) is 0 Å². The van der Waals surface area contributed by atoms with E-state index in [0.29, 0.717) is 0 Å². The van der Waals surface area contributed by atoms with E-state index in [1.54, 1.807) is 11.7 Å². The lowest BCUT2D eigenvalue weighted by molar-refractivity contribution is -0.139. The van der Waals surface area contributed by atoms with Gasteiger partial charge in [-0.3, -0.25) is 9.48 Å². The van der Waals surface area contributed by atoms with E-state index in [-0.39, 0.29) is 24.4 Å². The molecule has 0 aliphatic rings. The number of hydrogen-bond donors (Lipinski definition) is 0. The lowest BCUT2D eigenvalue weighted by Crippen LogP contribution is -2.29. The number of nitrogens with zero attached hydrogens (tertiary/aromatic N) is 3. The molecule has 0 saturated carbocycles. The number of likely N-dealkylation sites (N-methyl/N-ethyl adjacent to an activating group) is 1. The third kappa shape index (κ3) is 3.77. The molecule has 0 fully saturated rings. The molecular weight excluding hydrogens is 319 g/mol. The van der Waals surface area contributed by atoms with Crippen LogP contribution < -0.4 is 0 Å². The van der Waals surface area contributed by atoms with Gasteiger partial charge in [0.2, 0.25) is 5.91 Å². The number of aromatic nitrogens is 2. The van der Waals surface area contributed by atoms with Crippen molar-refractivity contribution in [2.24, 2.45) is 7.05 Å². The number of hydrogen-bond acceptors (Lipinski definition) is 2. The van der Waals surface area contributed by atoms with E-state index < -0.39 is 11.7 Å². The molecule has 0 radical (unpaired) electrons. The molecule has 0 saturated heterocycles. The number of rotatable bonds is 4. The molecule has 0 aliphatic carbocycles. The van der Waals surface area contributed by atoms with E-state index in [2.05, 4.69) is 5.10 Å². The molecule has 1 heterocycles. The van der Waals surface area contributed by atoms with E-state index in [9.17, 15) is 18.0 Å². The first kappa shape index (κ1) is 18.0.